The number of carbonyl (C=O) groups excluding carboxylic acids is 2. The first-order chi connectivity index (χ1) is 13.7. The number of fused-ring (bicyclic) bond motifs is 4. The van der Waals surface area contributed by atoms with Crippen LogP contribution >= 0.6 is 0 Å². The van der Waals surface area contributed by atoms with Gasteiger partial charge in [0.1, 0.15) is 5.60 Å². The van der Waals surface area contributed by atoms with Crippen LogP contribution in [-0.2, 0) is 9.53 Å². The number of aromatic nitrogens is 1. The highest BCUT2D eigenvalue weighted by Gasteiger charge is 2.22. The Bertz CT molecular complexity index is 931. The highest BCUT2D eigenvalue weighted by molar-refractivity contribution is 5.96. The van der Waals surface area contributed by atoms with Crippen molar-refractivity contribution in [1.29, 1.82) is 0 Å². The molecule has 2 atom stereocenters. The Balaban J connectivity index is 2.01. The molecular weight excluding hydrogens is 366 g/mol. The average Bonchev–Trinajstić information content (AvgIpc) is 2.65. The van der Waals surface area contributed by atoms with Crippen LogP contribution in [0.4, 0.5) is 10.5 Å². The van der Waals surface area contributed by atoms with E-state index in [0.717, 1.165) is 11.1 Å². The van der Waals surface area contributed by atoms with Crippen molar-refractivity contribution in [2.45, 2.75) is 45.8 Å². The second-order valence-electron chi connectivity index (χ2n) is 8.17. The van der Waals surface area contributed by atoms with Gasteiger partial charge in [0.2, 0.25) is 5.91 Å². The molecule has 1 aliphatic heterocycles. The first-order valence-electron chi connectivity index (χ1n) is 9.75. The lowest BCUT2D eigenvalue weighted by atomic mass is 9.97. The largest absolute Gasteiger partial charge is 0.444 e. The van der Waals surface area contributed by atoms with Crippen molar-refractivity contribution in [3.8, 4) is 11.3 Å². The van der Waals surface area contributed by atoms with Gasteiger partial charge in [0, 0.05) is 11.8 Å². The summed E-state index contributed by atoms with van der Waals surface area (Å²) in [6.45, 7) is 7.33. The van der Waals surface area contributed by atoms with Gasteiger partial charge < -0.3 is 15.4 Å². The third kappa shape index (κ3) is 5.44. The molecule has 2 heterocycles. The van der Waals surface area contributed by atoms with Crippen LogP contribution in [-0.4, -0.2) is 22.6 Å². The molecule has 3 rings (SSSR count). The lowest BCUT2D eigenvalue weighted by Gasteiger charge is -2.24. The minimum Gasteiger partial charge on any atom is -0.444 e. The van der Waals surface area contributed by atoms with Crippen LogP contribution in [0.3, 0.4) is 0 Å². The molecule has 0 saturated carbocycles. The first kappa shape index (κ1) is 20.6. The number of carbonyl (C=O) groups is 2. The molecule has 1 aromatic heterocycles. The minimum atomic E-state index is -0.581. The van der Waals surface area contributed by atoms with E-state index >= 15 is 0 Å². The molecular formula is C23H27N3O3. The van der Waals surface area contributed by atoms with Gasteiger partial charge in [0.15, 0.2) is 0 Å². The summed E-state index contributed by atoms with van der Waals surface area (Å²) >= 11 is 0. The van der Waals surface area contributed by atoms with Crippen molar-refractivity contribution in [2.75, 3.05) is 5.32 Å². The van der Waals surface area contributed by atoms with Gasteiger partial charge in [-0.05, 0) is 51.0 Å². The van der Waals surface area contributed by atoms with E-state index in [4.69, 9.17) is 4.74 Å². The topological polar surface area (TPSA) is 80.3 Å². The lowest BCUT2D eigenvalue weighted by molar-refractivity contribution is -0.118. The molecule has 6 nitrogen and oxygen atoms in total. The third-order valence-electron chi connectivity index (χ3n) is 4.53. The van der Waals surface area contributed by atoms with Crippen molar-refractivity contribution in [2.24, 2.45) is 5.92 Å². The number of pyridine rings is 1. The Labute approximate surface area is 171 Å². The predicted molar refractivity (Wildman–Crippen MR) is 113 cm³/mol. The smallest absolute Gasteiger partial charge is 0.408 e. The van der Waals surface area contributed by atoms with Crippen LogP contribution in [0.15, 0.2) is 54.7 Å². The molecule has 1 aliphatic rings. The minimum absolute atomic E-state index is 0.108. The number of hydrogen-bond acceptors (Lipinski definition) is 4. The van der Waals surface area contributed by atoms with Crippen LogP contribution < -0.4 is 10.6 Å². The van der Waals surface area contributed by atoms with Gasteiger partial charge in [-0.1, -0.05) is 37.3 Å². The Morgan fingerprint density at radius 3 is 2.79 bits per heavy atom. The Kier molecular flexibility index (Phi) is 6.01. The maximum atomic E-state index is 12.6. The standard InChI is InChI=1S/C23H27N3O3/c1-15-8-5-11-18(26-22(28)29-23(2,3)4)16-9-6-10-17(14-16)20-19(25-21(15)27)12-7-13-24-20/h5-10,12-15,18H,11H2,1-4H3,(H,25,27)(H,26,28)/t15-,18+/m1/s1. The van der Waals surface area contributed by atoms with Crippen LogP contribution in [0, 0.1) is 5.92 Å². The zero-order valence-corrected chi connectivity index (χ0v) is 17.2. The molecule has 6 heteroatoms. The molecule has 0 spiro atoms. The Hall–Kier alpha value is -3.15. The van der Waals surface area contributed by atoms with Crippen molar-refractivity contribution < 1.29 is 14.3 Å². The predicted octanol–water partition coefficient (Wildman–Crippen LogP) is 4.85. The van der Waals surface area contributed by atoms with Crippen molar-refractivity contribution in [3.05, 3.63) is 60.3 Å². The van der Waals surface area contributed by atoms with Crippen LogP contribution in [0.5, 0.6) is 0 Å². The highest BCUT2D eigenvalue weighted by Crippen LogP contribution is 2.30. The number of rotatable bonds is 1. The molecule has 0 fully saturated rings. The number of ether oxygens (including phenoxy) is 1. The quantitative estimate of drug-likeness (QED) is 0.679. The van der Waals surface area contributed by atoms with Crippen molar-refractivity contribution in [3.63, 3.8) is 0 Å². The molecule has 1 aromatic carbocycles. The van der Waals surface area contributed by atoms with E-state index in [9.17, 15) is 9.59 Å². The van der Waals surface area contributed by atoms with Gasteiger partial charge >= 0.3 is 6.09 Å². The number of benzene rings is 1. The van der Waals surface area contributed by atoms with Gasteiger partial charge in [-0.2, -0.15) is 0 Å². The first-order valence-corrected chi connectivity index (χ1v) is 9.75. The van der Waals surface area contributed by atoms with Gasteiger partial charge in [0.05, 0.1) is 23.3 Å². The summed E-state index contributed by atoms with van der Waals surface area (Å²) in [5.41, 5.74) is 2.58. The second-order valence-corrected chi connectivity index (χ2v) is 8.17. The van der Waals surface area contributed by atoms with E-state index in [-0.39, 0.29) is 17.9 Å². The van der Waals surface area contributed by atoms with Crippen molar-refractivity contribution >= 4 is 17.7 Å². The summed E-state index contributed by atoms with van der Waals surface area (Å²) < 4.78 is 5.43. The van der Waals surface area contributed by atoms with Gasteiger partial charge in [-0.25, -0.2) is 4.79 Å². The molecule has 0 radical (unpaired) electrons. The zero-order chi connectivity index (χ0) is 21.0. The van der Waals surface area contributed by atoms with E-state index < -0.39 is 11.7 Å². The van der Waals surface area contributed by atoms with Crippen molar-refractivity contribution in [1.82, 2.24) is 10.3 Å². The molecule has 2 N–H and O–H groups in total. The van der Waals surface area contributed by atoms with E-state index in [2.05, 4.69) is 15.6 Å². The highest BCUT2D eigenvalue weighted by atomic mass is 16.6. The summed E-state index contributed by atoms with van der Waals surface area (Å²) in [4.78, 5) is 29.4. The fourth-order valence-corrected chi connectivity index (χ4v) is 3.12. The number of hydrogen-bond donors (Lipinski definition) is 2. The van der Waals surface area contributed by atoms with E-state index in [0.29, 0.717) is 17.8 Å². The second kappa shape index (κ2) is 8.47. The molecule has 0 saturated heterocycles. The maximum Gasteiger partial charge on any atom is 0.408 e. The summed E-state index contributed by atoms with van der Waals surface area (Å²) in [6, 6.07) is 11.2. The average molecular weight is 393 g/mol. The maximum absolute atomic E-state index is 12.6. The van der Waals surface area contributed by atoms with E-state index in [1.54, 1.807) is 12.3 Å². The molecule has 2 aromatic rings. The lowest BCUT2D eigenvalue weighted by Crippen LogP contribution is -2.35. The molecule has 2 amide bonds. The van der Waals surface area contributed by atoms with Crippen LogP contribution in [0.1, 0.15) is 45.7 Å². The monoisotopic (exact) mass is 393 g/mol. The SMILES string of the molecule is C[C@@H]1C=CC[C@H](NC(=O)OC(C)(C)C)c2cccc(c2)-c2ncccc2NC1=O. The summed E-state index contributed by atoms with van der Waals surface area (Å²) in [7, 11) is 0. The molecule has 0 unspecified atom stereocenters. The number of alkyl carbamates (subject to hydrolysis) is 1. The number of anilines is 1. The fraction of sp³-hybridized carbons (Fsp3) is 0.348. The summed E-state index contributed by atoms with van der Waals surface area (Å²) in [5, 5.41) is 5.92. The van der Waals surface area contributed by atoms with E-state index in [1.807, 2.05) is 70.2 Å². The summed E-state index contributed by atoms with van der Waals surface area (Å²) in [6.07, 6.45) is 5.53. The number of nitrogens with zero attached hydrogens (tertiary/aromatic N) is 1. The summed E-state index contributed by atoms with van der Waals surface area (Å²) in [5.74, 6) is -0.424. The molecule has 0 aliphatic carbocycles. The van der Waals surface area contributed by atoms with Gasteiger partial charge in [-0.15, -0.1) is 0 Å². The van der Waals surface area contributed by atoms with E-state index in [1.165, 1.54) is 0 Å². The Morgan fingerprint density at radius 1 is 1.24 bits per heavy atom. The molecule has 29 heavy (non-hydrogen) atoms. The van der Waals surface area contributed by atoms with Crippen LogP contribution in [0.25, 0.3) is 11.3 Å². The fourth-order valence-electron chi connectivity index (χ4n) is 3.12. The molecule has 2 bridgehead atoms. The Morgan fingerprint density at radius 2 is 2.03 bits per heavy atom. The third-order valence-corrected chi connectivity index (χ3v) is 4.53. The number of amides is 2. The van der Waals surface area contributed by atoms with Gasteiger partial charge in [0.25, 0.3) is 0 Å². The normalized spacial score (nSPS) is 19.2. The number of nitrogens with one attached hydrogen (secondary N) is 2. The van der Waals surface area contributed by atoms with Gasteiger partial charge in [-0.3, -0.25) is 9.78 Å². The van der Waals surface area contributed by atoms with Crippen LogP contribution in [0.2, 0.25) is 0 Å². The molecule has 152 valence electrons. The zero-order valence-electron chi connectivity index (χ0n) is 17.2.